The van der Waals surface area contributed by atoms with Crippen molar-refractivity contribution in [1.82, 2.24) is 20.1 Å². The SMILES string of the molecule is CC(=O)NC1CCc2nnc(C(C)C)n2C1. The predicted molar refractivity (Wildman–Crippen MR) is 60.0 cm³/mol. The third kappa shape index (κ3) is 2.08. The maximum absolute atomic E-state index is 11.0. The molecule has 1 aliphatic rings. The maximum Gasteiger partial charge on any atom is 0.217 e. The van der Waals surface area contributed by atoms with Crippen LogP contribution in [0, 0.1) is 0 Å². The van der Waals surface area contributed by atoms with Crippen LogP contribution in [-0.2, 0) is 17.8 Å². The first-order valence-corrected chi connectivity index (χ1v) is 5.77. The lowest BCUT2D eigenvalue weighted by Gasteiger charge is -2.25. The molecule has 0 saturated heterocycles. The van der Waals surface area contributed by atoms with Crippen LogP contribution in [0.1, 0.15) is 44.8 Å². The van der Waals surface area contributed by atoms with Gasteiger partial charge in [-0.25, -0.2) is 0 Å². The van der Waals surface area contributed by atoms with E-state index < -0.39 is 0 Å². The topological polar surface area (TPSA) is 59.8 Å². The minimum atomic E-state index is 0.0348. The summed E-state index contributed by atoms with van der Waals surface area (Å²) in [5, 5.41) is 11.4. The van der Waals surface area contributed by atoms with Crippen molar-refractivity contribution in [3.63, 3.8) is 0 Å². The second-order valence-corrected chi connectivity index (χ2v) is 4.68. The molecule has 0 saturated carbocycles. The van der Waals surface area contributed by atoms with Gasteiger partial charge in [-0.05, 0) is 6.42 Å². The van der Waals surface area contributed by atoms with Gasteiger partial charge in [0.2, 0.25) is 5.91 Å². The van der Waals surface area contributed by atoms with Crippen LogP contribution in [0.15, 0.2) is 0 Å². The van der Waals surface area contributed by atoms with Crippen LogP contribution in [0.4, 0.5) is 0 Å². The number of aryl methyl sites for hydroxylation is 1. The van der Waals surface area contributed by atoms with Crippen molar-refractivity contribution in [3.05, 3.63) is 11.6 Å². The molecule has 1 atom stereocenters. The van der Waals surface area contributed by atoms with Crippen molar-refractivity contribution in [1.29, 1.82) is 0 Å². The summed E-state index contributed by atoms with van der Waals surface area (Å²) in [5.41, 5.74) is 0. The van der Waals surface area contributed by atoms with E-state index in [9.17, 15) is 4.79 Å². The van der Waals surface area contributed by atoms with Gasteiger partial charge < -0.3 is 9.88 Å². The minimum Gasteiger partial charge on any atom is -0.352 e. The number of nitrogens with zero attached hydrogens (tertiary/aromatic N) is 3. The number of hydrogen-bond acceptors (Lipinski definition) is 3. The molecule has 0 bridgehead atoms. The molecule has 0 aromatic carbocycles. The number of rotatable bonds is 2. The van der Waals surface area contributed by atoms with Crippen molar-refractivity contribution in [2.75, 3.05) is 0 Å². The zero-order valence-electron chi connectivity index (χ0n) is 10.0. The van der Waals surface area contributed by atoms with Crippen LogP contribution < -0.4 is 5.32 Å². The Morgan fingerprint density at radius 3 is 2.88 bits per heavy atom. The lowest BCUT2D eigenvalue weighted by atomic mass is 10.1. The molecule has 0 fully saturated rings. The number of fused-ring (bicyclic) bond motifs is 1. The third-order valence-corrected chi connectivity index (χ3v) is 2.90. The van der Waals surface area contributed by atoms with Crippen LogP contribution >= 0.6 is 0 Å². The molecule has 1 aliphatic heterocycles. The zero-order chi connectivity index (χ0) is 11.7. The van der Waals surface area contributed by atoms with Gasteiger partial charge in [0.05, 0.1) is 0 Å². The number of carbonyl (C=O) groups excluding carboxylic acids is 1. The highest BCUT2D eigenvalue weighted by molar-refractivity contribution is 5.73. The molecular formula is C11H18N4O. The monoisotopic (exact) mass is 222 g/mol. The maximum atomic E-state index is 11.0. The number of carbonyl (C=O) groups is 1. The van der Waals surface area contributed by atoms with E-state index in [-0.39, 0.29) is 11.9 Å². The normalized spacial score (nSPS) is 19.6. The summed E-state index contributed by atoms with van der Waals surface area (Å²) in [7, 11) is 0. The van der Waals surface area contributed by atoms with Crippen molar-refractivity contribution in [3.8, 4) is 0 Å². The van der Waals surface area contributed by atoms with Crippen LogP contribution in [0.25, 0.3) is 0 Å². The Balaban J connectivity index is 2.17. The standard InChI is InChI=1S/C11H18N4O/c1-7(2)11-14-13-10-5-4-9(6-15(10)11)12-8(3)16/h7,9H,4-6H2,1-3H3,(H,12,16). The molecule has 0 radical (unpaired) electrons. The number of hydrogen-bond donors (Lipinski definition) is 1. The molecule has 1 aromatic rings. The second-order valence-electron chi connectivity index (χ2n) is 4.68. The molecule has 5 heteroatoms. The van der Waals surface area contributed by atoms with Gasteiger partial charge in [-0.1, -0.05) is 13.8 Å². The van der Waals surface area contributed by atoms with Gasteiger partial charge >= 0.3 is 0 Å². The summed E-state index contributed by atoms with van der Waals surface area (Å²) in [6, 6.07) is 0.221. The molecule has 2 heterocycles. The van der Waals surface area contributed by atoms with Gasteiger partial charge in [-0.15, -0.1) is 10.2 Å². The first-order valence-electron chi connectivity index (χ1n) is 5.77. The summed E-state index contributed by atoms with van der Waals surface area (Å²) >= 11 is 0. The lowest BCUT2D eigenvalue weighted by molar-refractivity contribution is -0.119. The molecule has 1 amide bonds. The Hall–Kier alpha value is -1.39. The molecule has 16 heavy (non-hydrogen) atoms. The van der Waals surface area contributed by atoms with Gasteiger partial charge in [-0.3, -0.25) is 4.79 Å². The lowest BCUT2D eigenvalue weighted by Crippen LogP contribution is -2.40. The van der Waals surface area contributed by atoms with Crippen molar-refractivity contribution >= 4 is 5.91 Å². The Morgan fingerprint density at radius 1 is 1.50 bits per heavy atom. The summed E-state index contributed by atoms with van der Waals surface area (Å²) < 4.78 is 2.15. The quantitative estimate of drug-likeness (QED) is 0.807. The van der Waals surface area contributed by atoms with E-state index in [4.69, 9.17) is 0 Å². The van der Waals surface area contributed by atoms with Gasteiger partial charge in [0.1, 0.15) is 11.6 Å². The fourth-order valence-corrected chi connectivity index (χ4v) is 2.18. The van der Waals surface area contributed by atoms with E-state index in [0.717, 1.165) is 31.0 Å². The van der Waals surface area contributed by atoms with Gasteiger partial charge in [0.15, 0.2) is 0 Å². The van der Waals surface area contributed by atoms with E-state index in [1.54, 1.807) is 6.92 Å². The molecule has 1 N–H and O–H groups in total. The van der Waals surface area contributed by atoms with Crippen molar-refractivity contribution in [2.45, 2.75) is 52.1 Å². The first-order chi connectivity index (χ1) is 7.58. The molecule has 1 aromatic heterocycles. The summed E-state index contributed by atoms with van der Waals surface area (Å²) in [6.07, 6.45) is 1.85. The molecular weight excluding hydrogens is 204 g/mol. The van der Waals surface area contributed by atoms with Crippen molar-refractivity contribution < 1.29 is 4.79 Å². The fraction of sp³-hybridized carbons (Fsp3) is 0.727. The zero-order valence-corrected chi connectivity index (χ0v) is 10.0. The van der Waals surface area contributed by atoms with E-state index >= 15 is 0 Å². The largest absolute Gasteiger partial charge is 0.352 e. The minimum absolute atomic E-state index is 0.0348. The number of aromatic nitrogens is 3. The fourth-order valence-electron chi connectivity index (χ4n) is 2.18. The highest BCUT2D eigenvalue weighted by atomic mass is 16.1. The first kappa shape index (κ1) is 11.1. The summed E-state index contributed by atoms with van der Waals surface area (Å²) in [4.78, 5) is 11.0. The Bertz CT molecular complexity index is 397. The average molecular weight is 222 g/mol. The Labute approximate surface area is 95.2 Å². The number of nitrogens with one attached hydrogen (secondary N) is 1. The molecule has 5 nitrogen and oxygen atoms in total. The smallest absolute Gasteiger partial charge is 0.217 e. The third-order valence-electron chi connectivity index (χ3n) is 2.90. The Morgan fingerprint density at radius 2 is 2.25 bits per heavy atom. The van der Waals surface area contributed by atoms with E-state index in [2.05, 4.69) is 33.9 Å². The van der Waals surface area contributed by atoms with Crippen LogP contribution in [0.3, 0.4) is 0 Å². The van der Waals surface area contributed by atoms with Crippen LogP contribution in [-0.4, -0.2) is 26.7 Å². The Kier molecular flexibility index (Phi) is 2.94. The summed E-state index contributed by atoms with van der Waals surface area (Å²) in [5.74, 6) is 2.47. The molecule has 0 spiro atoms. The van der Waals surface area contributed by atoms with E-state index in [0.29, 0.717) is 5.92 Å². The molecule has 1 unspecified atom stereocenters. The molecule has 2 rings (SSSR count). The second kappa shape index (κ2) is 4.23. The van der Waals surface area contributed by atoms with Crippen LogP contribution in [0.2, 0.25) is 0 Å². The number of amides is 1. The summed E-state index contributed by atoms with van der Waals surface area (Å²) in [6.45, 7) is 6.58. The van der Waals surface area contributed by atoms with Gasteiger partial charge in [-0.2, -0.15) is 0 Å². The van der Waals surface area contributed by atoms with Crippen molar-refractivity contribution in [2.24, 2.45) is 0 Å². The van der Waals surface area contributed by atoms with Gasteiger partial charge in [0, 0.05) is 31.8 Å². The van der Waals surface area contributed by atoms with E-state index in [1.165, 1.54) is 0 Å². The predicted octanol–water partition coefficient (Wildman–Crippen LogP) is 0.852. The van der Waals surface area contributed by atoms with Crippen LogP contribution in [0.5, 0.6) is 0 Å². The van der Waals surface area contributed by atoms with E-state index in [1.807, 2.05) is 0 Å². The molecule has 0 aliphatic carbocycles. The average Bonchev–Trinajstić information content (AvgIpc) is 2.59. The van der Waals surface area contributed by atoms with Gasteiger partial charge in [0.25, 0.3) is 0 Å². The highest BCUT2D eigenvalue weighted by Gasteiger charge is 2.24. The highest BCUT2D eigenvalue weighted by Crippen LogP contribution is 2.19. The molecule has 88 valence electrons.